The molecule has 0 heterocycles. The summed E-state index contributed by atoms with van der Waals surface area (Å²) in [5, 5.41) is 10.4. The maximum Gasteiger partial charge on any atom is 0.0818 e. The number of aliphatic hydroxyl groups is 1. The van der Waals surface area contributed by atoms with Crippen molar-refractivity contribution < 1.29 is 5.11 Å². The minimum absolute atomic E-state index is 0.306. The van der Waals surface area contributed by atoms with Crippen molar-refractivity contribution in [1.29, 1.82) is 0 Å². The zero-order valence-corrected chi connectivity index (χ0v) is 12.6. The lowest BCUT2D eigenvalue weighted by Gasteiger charge is -2.24. The van der Waals surface area contributed by atoms with E-state index in [0.717, 1.165) is 11.5 Å². The predicted molar refractivity (Wildman–Crippen MR) is 81.2 cm³/mol. The monoisotopic (exact) mass is 260 g/mol. The van der Waals surface area contributed by atoms with Crippen molar-refractivity contribution in [2.24, 2.45) is 11.8 Å². The fourth-order valence-electron chi connectivity index (χ4n) is 3.07. The molecule has 0 aliphatic heterocycles. The Morgan fingerprint density at radius 2 is 1.53 bits per heavy atom. The summed E-state index contributed by atoms with van der Waals surface area (Å²) >= 11 is 0. The third-order valence-corrected chi connectivity index (χ3v) is 4.90. The highest BCUT2D eigenvalue weighted by atomic mass is 16.3. The van der Waals surface area contributed by atoms with E-state index in [1.54, 1.807) is 0 Å². The van der Waals surface area contributed by atoms with E-state index in [2.05, 4.69) is 45.0 Å². The van der Waals surface area contributed by atoms with Crippen molar-refractivity contribution in [2.75, 3.05) is 0 Å². The fourth-order valence-corrected chi connectivity index (χ4v) is 3.07. The van der Waals surface area contributed by atoms with Crippen LogP contribution in [-0.2, 0) is 0 Å². The maximum atomic E-state index is 10.4. The quantitative estimate of drug-likeness (QED) is 0.802. The van der Waals surface area contributed by atoms with Gasteiger partial charge in [-0.05, 0) is 41.7 Å². The van der Waals surface area contributed by atoms with E-state index in [-0.39, 0.29) is 6.10 Å². The first-order chi connectivity index (χ1) is 9.09. The molecule has 0 bridgehead atoms. The molecule has 0 saturated heterocycles. The molecule has 1 fully saturated rings. The molecule has 0 radical (unpaired) electrons. The second-order valence-electron chi connectivity index (χ2n) is 6.55. The van der Waals surface area contributed by atoms with Crippen LogP contribution < -0.4 is 0 Å². The molecule has 106 valence electrons. The Labute approximate surface area is 118 Å². The van der Waals surface area contributed by atoms with Gasteiger partial charge in [-0.15, -0.1) is 0 Å². The summed E-state index contributed by atoms with van der Waals surface area (Å²) in [5.74, 6) is 1.57. The number of benzene rings is 1. The average Bonchev–Trinajstić information content (AvgIpc) is 2.46. The first-order valence-electron chi connectivity index (χ1n) is 7.87. The molecule has 0 amide bonds. The molecule has 1 saturated carbocycles. The molecule has 2 atom stereocenters. The molecular formula is C18H28O. The van der Waals surface area contributed by atoms with E-state index in [1.165, 1.54) is 37.7 Å². The lowest BCUT2D eigenvalue weighted by molar-refractivity contribution is 0.0921. The minimum Gasteiger partial charge on any atom is -0.388 e. The van der Waals surface area contributed by atoms with E-state index >= 15 is 0 Å². The van der Waals surface area contributed by atoms with Crippen molar-refractivity contribution in [3.63, 3.8) is 0 Å². The first kappa shape index (κ1) is 14.6. The molecule has 0 spiro atoms. The summed E-state index contributed by atoms with van der Waals surface area (Å²) in [4.78, 5) is 0. The van der Waals surface area contributed by atoms with Crippen molar-refractivity contribution in [3.8, 4) is 0 Å². The number of rotatable bonds is 4. The van der Waals surface area contributed by atoms with Crippen LogP contribution in [0.25, 0.3) is 0 Å². The van der Waals surface area contributed by atoms with Crippen LogP contribution in [0.4, 0.5) is 0 Å². The molecule has 1 aliphatic rings. The summed E-state index contributed by atoms with van der Waals surface area (Å²) in [5.41, 5.74) is 2.54. The van der Waals surface area contributed by atoms with Crippen LogP contribution in [0.5, 0.6) is 0 Å². The fraction of sp³-hybridized carbons (Fsp3) is 0.667. The molecular weight excluding hydrogens is 232 g/mol. The molecule has 1 aliphatic carbocycles. The van der Waals surface area contributed by atoms with Crippen molar-refractivity contribution in [1.82, 2.24) is 0 Å². The van der Waals surface area contributed by atoms with Gasteiger partial charge in [-0.2, -0.15) is 0 Å². The largest absolute Gasteiger partial charge is 0.388 e. The highest BCUT2D eigenvalue weighted by molar-refractivity contribution is 5.27. The third-order valence-electron chi connectivity index (χ3n) is 4.90. The normalized spacial score (nSPS) is 20.5. The second-order valence-corrected chi connectivity index (χ2v) is 6.55. The predicted octanol–water partition coefficient (Wildman–Crippen LogP) is 5.06. The Bertz CT molecular complexity index is 373. The first-order valence-corrected chi connectivity index (χ1v) is 7.87. The SMILES string of the molecule is CC(C)C(C)C(O)c1ccc(C2CCCCC2)cc1. The summed E-state index contributed by atoms with van der Waals surface area (Å²) in [6.07, 6.45) is 6.49. The number of hydrogen-bond donors (Lipinski definition) is 1. The van der Waals surface area contributed by atoms with Crippen LogP contribution in [0.15, 0.2) is 24.3 Å². The second kappa shape index (κ2) is 6.56. The smallest absolute Gasteiger partial charge is 0.0818 e. The Hall–Kier alpha value is -0.820. The van der Waals surface area contributed by atoms with Crippen LogP contribution in [0.2, 0.25) is 0 Å². The Morgan fingerprint density at radius 1 is 0.947 bits per heavy atom. The molecule has 1 aromatic carbocycles. The molecule has 0 aromatic heterocycles. The van der Waals surface area contributed by atoms with Crippen LogP contribution >= 0.6 is 0 Å². The van der Waals surface area contributed by atoms with Gasteiger partial charge in [0.15, 0.2) is 0 Å². The van der Waals surface area contributed by atoms with Crippen LogP contribution in [0.1, 0.15) is 76.0 Å². The molecule has 1 aromatic rings. The topological polar surface area (TPSA) is 20.2 Å². The van der Waals surface area contributed by atoms with Gasteiger partial charge in [-0.3, -0.25) is 0 Å². The van der Waals surface area contributed by atoms with Gasteiger partial charge >= 0.3 is 0 Å². The van der Waals surface area contributed by atoms with Crippen molar-refractivity contribution in [3.05, 3.63) is 35.4 Å². The lowest BCUT2D eigenvalue weighted by atomic mass is 9.83. The van der Waals surface area contributed by atoms with Gasteiger partial charge in [-0.1, -0.05) is 64.3 Å². The summed E-state index contributed by atoms with van der Waals surface area (Å²) < 4.78 is 0. The molecule has 1 nitrogen and oxygen atoms in total. The lowest BCUT2D eigenvalue weighted by Crippen LogP contribution is -2.15. The van der Waals surface area contributed by atoms with Gasteiger partial charge in [0.1, 0.15) is 0 Å². The van der Waals surface area contributed by atoms with Gasteiger partial charge < -0.3 is 5.11 Å². The van der Waals surface area contributed by atoms with Crippen LogP contribution in [0, 0.1) is 11.8 Å². The average molecular weight is 260 g/mol. The van der Waals surface area contributed by atoms with Gasteiger partial charge in [0.2, 0.25) is 0 Å². The zero-order valence-electron chi connectivity index (χ0n) is 12.6. The van der Waals surface area contributed by atoms with E-state index in [1.807, 2.05) is 0 Å². The molecule has 1 N–H and O–H groups in total. The Kier molecular flexibility index (Phi) is 5.04. The van der Waals surface area contributed by atoms with E-state index < -0.39 is 0 Å². The van der Waals surface area contributed by atoms with E-state index in [9.17, 15) is 5.11 Å². The van der Waals surface area contributed by atoms with Crippen molar-refractivity contribution in [2.45, 2.75) is 64.9 Å². The standard InChI is InChI=1S/C18H28O/c1-13(2)14(3)18(19)17-11-9-16(10-12-17)15-7-5-4-6-8-15/h9-15,18-19H,4-8H2,1-3H3. The number of aliphatic hydroxyl groups excluding tert-OH is 1. The van der Waals surface area contributed by atoms with Gasteiger partial charge in [0.05, 0.1) is 6.10 Å². The highest BCUT2D eigenvalue weighted by Crippen LogP contribution is 2.34. The van der Waals surface area contributed by atoms with E-state index in [4.69, 9.17) is 0 Å². The van der Waals surface area contributed by atoms with Crippen LogP contribution in [0.3, 0.4) is 0 Å². The van der Waals surface area contributed by atoms with Gasteiger partial charge in [0.25, 0.3) is 0 Å². The van der Waals surface area contributed by atoms with Crippen LogP contribution in [-0.4, -0.2) is 5.11 Å². The number of hydrogen-bond acceptors (Lipinski definition) is 1. The summed E-state index contributed by atoms with van der Waals surface area (Å²) in [6, 6.07) is 8.74. The van der Waals surface area contributed by atoms with Gasteiger partial charge in [0, 0.05) is 0 Å². The molecule has 2 unspecified atom stereocenters. The summed E-state index contributed by atoms with van der Waals surface area (Å²) in [6.45, 7) is 6.47. The summed E-state index contributed by atoms with van der Waals surface area (Å²) in [7, 11) is 0. The zero-order chi connectivity index (χ0) is 13.8. The van der Waals surface area contributed by atoms with E-state index in [0.29, 0.717) is 11.8 Å². The van der Waals surface area contributed by atoms with Gasteiger partial charge in [-0.25, -0.2) is 0 Å². The minimum atomic E-state index is -0.333. The Balaban J connectivity index is 2.05. The third kappa shape index (κ3) is 3.60. The molecule has 1 heteroatoms. The highest BCUT2D eigenvalue weighted by Gasteiger charge is 2.20. The maximum absolute atomic E-state index is 10.4. The van der Waals surface area contributed by atoms with Crippen molar-refractivity contribution >= 4 is 0 Å². The Morgan fingerprint density at radius 3 is 2.05 bits per heavy atom. The molecule has 19 heavy (non-hydrogen) atoms. The molecule has 2 rings (SSSR count).